The molecule has 0 spiro atoms. The minimum Gasteiger partial charge on any atom is -0.310 e. The summed E-state index contributed by atoms with van der Waals surface area (Å²) in [5.41, 5.74) is 0. The van der Waals surface area contributed by atoms with Crippen LogP contribution in [0.5, 0.6) is 0 Å². The Morgan fingerprint density at radius 2 is 1.68 bits per heavy atom. The standard InChI is InChI=1S/C16H33N3/c1-3-9-18-12-7-16(8-13-18)17-15(2)14-19-10-5-4-6-11-19/h15-17H,3-14H2,1-2H3. The third-order valence-electron chi connectivity index (χ3n) is 4.63. The van der Waals surface area contributed by atoms with E-state index in [1.165, 1.54) is 77.8 Å². The number of hydrogen-bond acceptors (Lipinski definition) is 3. The molecule has 2 rings (SSSR count). The molecule has 0 amide bonds. The highest BCUT2D eigenvalue weighted by Gasteiger charge is 2.21. The third kappa shape index (κ3) is 5.41. The predicted octanol–water partition coefficient (Wildman–Crippen LogP) is 2.32. The van der Waals surface area contributed by atoms with E-state index in [2.05, 4.69) is 29.0 Å². The largest absolute Gasteiger partial charge is 0.310 e. The molecule has 0 aromatic heterocycles. The van der Waals surface area contributed by atoms with Gasteiger partial charge < -0.3 is 15.1 Å². The van der Waals surface area contributed by atoms with Crippen LogP contribution in [0.15, 0.2) is 0 Å². The van der Waals surface area contributed by atoms with Crippen LogP contribution in [0.3, 0.4) is 0 Å². The van der Waals surface area contributed by atoms with Gasteiger partial charge in [0.05, 0.1) is 0 Å². The van der Waals surface area contributed by atoms with Crippen LogP contribution in [0.4, 0.5) is 0 Å². The highest BCUT2D eigenvalue weighted by Crippen LogP contribution is 2.13. The number of rotatable bonds is 6. The molecule has 2 fully saturated rings. The van der Waals surface area contributed by atoms with Crippen molar-refractivity contribution in [1.29, 1.82) is 0 Å². The van der Waals surface area contributed by atoms with Crippen LogP contribution >= 0.6 is 0 Å². The fourth-order valence-corrected chi connectivity index (χ4v) is 3.62. The van der Waals surface area contributed by atoms with Gasteiger partial charge in [0.15, 0.2) is 0 Å². The summed E-state index contributed by atoms with van der Waals surface area (Å²) < 4.78 is 0. The Morgan fingerprint density at radius 3 is 2.32 bits per heavy atom. The highest BCUT2D eigenvalue weighted by atomic mass is 15.2. The Hall–Kier alpha value is -0.120. The second-order valence-corrected chi connectivity index (χ2v) is 6.54. The fourth-order valence-electron chi connectivity index (χ4n) is 3.62. The molecule has 3 heteroatoms. The van der Waals surface area contributed by atoms with E-state index in [-0.39, 0.29) is 0 Å². The van der Waals surface area contributed by atoms with E-state index in [4.69, 9.17) is 0 Å². The fraction of sp³-hybridized carbons (Fsp3) is 1.00. The van der Waals surface area contributed by atoms with Crippen molar-refractivity contribution in [2.75, 3.05) is 39.3 Å². The topological polar surface area (TPSA) is 18.5 Å². The number of nitrogens with zero attached hydrogens (tertiary/aromatic N) is 2. The molecule has 1 N–H and O–H groups in total. The first-order valence-corrected chi connectivity index (χ1v) is 8.48. The summed E-state index contributed by atoms with van der Waals surface area (Å²) in [5, 5.41) is 3.86. The predicted molar refractivity (Wildman–Crippen MR) is 82.6 cm³/mol. The summed E-state index contributed by atoms with van der Waals surface area (Å²) in [6.45, 7) is 12.4. The van der Waals surface area contributed by atoms with Gasteiger partial charge in [0, 0.05) is 18.6 Å². The quantitative estimate of drug-likeness (QED) is 0.797. The van der Waals surface area contributed by atoms with Gasteiger partial charge >= 0.3 is 0 Å². The summed E-state index contributed by atoms with van der Waals surface area (Å²) >= 11 is 0. The van der Waals surface area contributed by atoms with Crippen LogP contribution in [-0.2, 0) is 0 Å². The molecule has 0 aromatic carbocycles. The molecule has 112 valence electrons. The zero-order valence-corrected chi connectivity index (χ0v) is 13.0. The van der Waals surface area contributed by atoms with Gasteiger partial charge in [-0.2, -0.15) is 0 Å². The first-order valence-electron chi connectivity index (χ1n) is 8.48. The maximum Gasteiger partial charge on any atom is 0.0169 e. The van der Waals surface area contributed by atoms with Gasteiger partial charge in [0.1, 0.15) is 0 Å². The van der Waals surface area contributed by atoms with Crippen LogP contribution in [0.25, 0.3) is 0 Å². The van der Waals surface area contributed by atoms with Crippen molar-refractivity contribution in [3.63, 3.8) is 0 Å². The second-order valence-electron chi connectivity index (χ2n) is 6.54. The summed E-state index contributed by atoms with van der Waals surface area (Å²) in [6.07, 6.45) is 8.22. The van der Waals surface area contributed by atoms with Crippen LogP contribution in [0.2, 0.25) is 0 Å². The van der Waals surface area contributed by atoms with Gasteiger partial charge in [-0.1, -0.05) is 13.3 Å². The van der Waals surface area contributed by atoms with E-state index in [9.17, 15) is 0 Å². The molecule has 0 aliphatic carbocycles. The molecule has 2 saturated heterocycles. The first kappa shape index (κ1) is 15.3. The Kier molecular flexibility index (Phi) is 6.62. The number of hydrogen-bond donors (Lipinski definition) is 1. The first-order chi connectivity index (χ1) is 9.28. The lowest BCUT2D eigenvalue weighted by Gasteiger charge is -2.35. The van der Waals surface area contributed by atoms with Crippen LogP contribution in [0, 0.1) is 0 Å². The lowest BCUT2D eigenvalue weighted by molar-refractivity contribution is 0.171. The minimum absolute atomic E-state index is 0.654. The summed E-state index contributed by atoms with van der Waals surface area (Å²) in [4.78, 5) is 5.26. The van der Waals surface area contributed by atoms with Gasteiger partial charge in [-0.3, -0.25) is 0 Å². The highest BCUT2D eigenvalue weighted by molar-refractivity contribution is 4.81. The third-order valence-corrected chi connectivity index (χ3v) is 4.63. The van der Waals surface area contributed by atoms with Crippen LogP contribution < -0.4 is 5.32 Å². The van der Waals surface area contributed by atoms with Gasteiger partial charge in [0.25, 0.3) is 0 Å². The molecule has 0 saturated carbocycles. The van der Waals surface area contributed by atoms with E-state index >= 15 is 0 Å². The smallest absolute Gasteiger partial charge is 0.0169 e. The summed E-state index contributed by atoms with van der Waals surface area (Å²) in [7, 11) is 0. The molecule has 1 atom stereocenters. The maximum atomic E-state index is 3.86. The molecule has 3 nitrogen and oxygen atoms in total. The summed E-state index contributed by atoms with van der Waals surface area (Å²) in [5.74, 6) is 0. The van der Waals surface area contributed by atoms with E-state index in [1.807, 2.05) is 0 Å². The van der Waals surface area contributed by atoms with Crippen molar-refractivity contribution >= 4 is 0 Å². The Balaban J connectivity index is 1.61. The number of piperidine rings is 2. The molecule has 0 bridgehead atoms. The van der Waals surface area contributed by atoms with Crippen molar-refractivity contribution in [3.05, 3.63) is 0 Å². The molecular formula is C16H33N3. The lowest BCUT2D eigenvalue weighted by Crippen LogP contribution is -2.49. The lowest BCUT2D eigenvalue weighted by atomic mass is 10.0. The Labute approximate surface area is 119 Å². The van der Waals surface area contributed by atoms with Gasteiger partial charge in [-0.15, -0.1) is 0 Å². The molecule has 0 radical (unpaired) electrons. The van der Waals surface area contributed by atoms with Crippen molar-refractivity contribution in [2.24, 2.45) is 0 Å². The van der Waals surface area contributed by atoms with E-state index in [1.54, 1.807) is 0 Å². The van der Waals surface area contributed by atoms with Gasteiger partial charge in [-0.05, 0) is 71.8 Å². The van der Waals surface area contributed by atoms with E-state index < -0.39 is 0 Å². The Bertz CT molecular complexity index is 230. The van der Waals surface area contributed by atoms with Crippen molar-refractivity contribution < 1.29 is 0 Å². The molecule has 2 heterocycles. The van der Waals surface area contributed by atoms with Crippen molar-refractivity contribution in [2.45, 2.75) is 64.5 Å². The molecule has 1 unspecified atom stereocenters. The average Bonchev–Trinajstić information content (AvgIpc) is 2.42. The zero-order valence-electron chi connectivity index (χ0n) is 13.0. The number of nitrogens with one attached hydrogen (secondary N) is 1. The van der Waals surface area contributed by atoms with Crippen LogP contribution in [-0.4, -0.2) is 61.2 Å². The van der Waals surface area contributed by atoms with E-state index in [0.717, 1.165) is 6.04 Å². The van der Waals surface area contributed by atoms with Crippen molar-refractivity contribution in [3.8, 4) is 0 Å². The second kappa shape index (κ2) is 8.23. The maximum absolute atomic E-state index is 3.86. The molecule has 19 heavy (non-hydrogen) atoms. The monoisotopic (exact) mass is 267 g/mol. The molecule has 0 aromatic rings. The van der Waals surface area contributed by atoms with Gasteiger partial charge in [0.2, 0.25) is 0 Å². The normalized spacial score (nSPS) is 25.6. The molecule has 2 aliphatic heterocycles. The Morgan fingerprint density at radius 1 is 1.00 bits per heavy atom. The SMILES string of the molecule is CCCN1CCC(NC(C)CN2CCCCC2)CC1. The zero-order chi connectivity index (χ0) is 13.5. The molecular weight excluding hydrogens is 234 g/mol. The minimum atomic E-state index is 0.654. The van der Waals surface area contributed by atoms with Crippen LogP contribution in [0.1, 0.15) is 52.4 Å². The van der Waals surface area contributed by atoms with E-state index in [0.29, 0.717) is 6.04 Å². The van der Waals surface area contributed by atoms with Gasteiger partial charge in [-0.25, -0.2) is 0 Å². The average molecular weight is 267 g/mol. The summed E-state index contributed by atoms with van der Waals surface area (Å²) in [6, 6.07) is 1.41. The van der Waals surface area contributed by atoms with Crippen molar-refractivity contribution in [1.82, 2.24) is 15.1 Å². The molecule has 2 aliphatic rings. The number of likely N-dealkylation sites (tertiary alicyclic amines) is 2.